The summed E-state index contributed by atoms with van der Waals surface area (Å²) in [5.74, 6) is -0.879. The lowest BCUT2D eigenvalue weighted by molar-refractivity contribution is -0.0498. The molecule has 2 aromatic heterocycles. The van der Waals surface area contributed by atoms with Crippen molar-refractivity contribution >= 4 is 26.8 Å². The molecule has 0 saturated carbocycles. The van der Waals surface area contributed by atoms with Gasteiger partial charge in [-0.25, -0.2) is 18.1 Å². The summed E-state index contributed by atoms with van der Waals surface area (Å²) >= 11 is 0. The molecule has 0 atom stereocenters. The van der Waals surface area contributed by atoms with E-state index in [2.05, 4.69) is 20.1 Å². The van der Waals surface area contributed by atoms with Crippen molar-refractivity contribution in [1.29, 1.82) is 0 Å². The van der Waals surface area contributed by atoms with Gasteiger partial charge in [-0.2, -0.15) is 13.9 Å². The molecular weight excluding hydrogens is 458 g/mol. The van der Waals surface area contributed by atoms with E-state index in [4.69, 9.17) is 0 Å². The highest BCUT2D eigenvalue weighted by molar-refractivity contribution is 7.93. The van der Waals surface area contributed by atoms with E-state index >= 15 is 0 Å². The smallest absolute Gasteiger partial charge is 0.387 e. The number of amides is 1. The van der Waals surface area contributed by atoms with Gasteiger partial charge in [0.2, 0.25) is 0 Å². The molecule has 3 aromatic rings. The fourth-order valence-electron chi connectivity index (χ4n) is 3.90. The number of alkyl halides is 2. The van der Waals surface area contributed by atoms with Crippen molar-refractivity contribution in [3.63, 3.8) is 0 Å². The van der Waals surface area contributed by atoms with E-state index in [0.717, 1.165) is 0 Å². The third-order valence-corrected chi connectivity index (χ3v) is 7.30. The van der Waals surface area contributed by atoms with E-state index in [1.807, 2.05) is 0 Å². The van der Waals surface area contributed by atoms with Crippen molar-refractivity contribution in [2.24, 2.45) is 0 Å². The number of carbonyl (C=O) groups excluding carboxylic acids is 1. The first-order chi connectivity index (χ1) is 15.3. The van der Waals surface area contributed by atoms with Crippen LogP contribution in [-0.4, -0.2) is 57.9 Å². The van der Waals surface area contributed by atoms with Crippen molar-refractivity contribution in [3.8, 4) is 11.4 Å². The summed E-state index contributed by atoms with van der Waals surface area (Å²) in [6.07, 6.45) is 1.31. The molecule has 0 bridgehead atoms. The molecule has 0 unspecified atom stereocenters. The van der Waals surface area contributed by atoms with E-state index in [1.165, 1.54) is 49.0 Å². The molecule has 1 fully saturated rings. The second-order valence-corrected chi connectivity index (χ2v) is 10.9. The van der Waals surface area contributed by atoms with Crippen LogP contribution in [0.3, 0.4) is 0 Å². The Morgan fingerprint density at radius 1 is 1.30 bits per heavy atom. The Bertz CT molecular complexity index is 1340. The number of hydrogen-bond donors (Lipinski definition) is 2. The van der Waals surface area contributed by atoms with Gasteiger partial charge in [0.25, 0.3) is 5.91 Å². The maximum Gasteiger partial charge on any atom is 0.387 e. The molecule has 2 N–H and O–H groups in total. The Balaban J connectivity index is 1.75. The maximum absolute atomic E-state index is 12.8. The lowest BCUT2D eigenvalue weighted by atomic mass is 10.0. The van der Waals surface area contributed by atoms with E-state index < -0.39 is 33.5 Å². The van der Waals surface area contributed by atoms with Gasteiger partial charge in [-0.3, -0.25) is 4.79 Å². The minimum absolute atomic E-state index is 0.0735. The van der Waals surface area contributed by atoms with Crippen molar-refractivity contribution in [2.75, 3.05) is 11.5 Å². The molecule has 33 heavy (non-hydrogen) atoms. The van der Waals surface area contributed by atoms with Crippen LogP contribution >= 0.6 is 0 Å². The minimum atomic E-state index is -3.15. The summed E-state index contributed by atoms with van der Waals surface area (Å²) in [5, 5.41) is 18.2. The normalized spacial score (nSPS) is 17.1. The highest BCUT2D eigenvalue weighted by atomic mass is 32.2. The van der Waals surface area contributed by atoms with Gasteiger partial charge in [0.1, 0.15) is 17.0 Å². The Morgan fingerprint density at radius 3 is 2.61 bits per heavy atom. The Hall–Kier alpha value is -3.12. The van der Waals surface area contributed by atoms with Crippen LogP contribution in [0.2, 0.25) is 0 Å². The summed E-state index contributed by atoms with van der Waals surface area (Å²) in [5.41, 5.74) is -1.24. The molecule has 176 valence electrons. The van der Waals surface area contributed by atoms with Gasteiger partial charge in [-0.1, -0.05) is 6.07 Å². The van der Waals surface area contributed by atoms with Gasteiger partial charge in [0.05, 0.1) is 28.3 Å². The molecule has 12 heteroatoms. The van der Waals surface area contributed by atoms with Crippen LogP contribution in [0.25, 0.3) is 16.7 Å². The van der Waals surface area contributed by atoms with Crippen LogP contribution in [0.4, 0.5) is 8.78 Å². The zero-order valence-corrected chi connectivity index (χ0v) is 18.9. The van der Waals surface area contributed by atoms with E-state index in [-0.39, 0.29) is 34.2 Å². The first-order valence-electron chi connectivity index (χ1n) is 9.96. The summed E-state index contributed by atoms with van der Waals surface area (Å²) in [6.45, 7) is 1.69. The molecule has 1 aliphatic heterocycles. The number of pyridine rings is 1. The van der Waals surface area contributed by atoms with Crippen LogP contribution in [0.15, 0.2) is 36.5 Å². The van der Waals surface area contributed by atoms with Gasteiger partial charge < -0.3 is 15.2 Å². The molecule has 4 rings (SSSR count). The molecule has 1 aromatic carbocycles. The first kappa shape index (κ1) is 23.1. The number of rotatable bonds is 6. The molecular formula is C21H22F2N4O5S. The second-order valence-electron chi connectivity index (χ2n) is 8.84. The van der Waals surface area contributed by atoms with Crippen molar-refractivity contribution in [3.05, 3.63) is 47.8 Å². The summed E-state index contributed by atoms with van der Waals surface area (Å²) in [7, 11) is -3.15. The maximum atomic E-state index is 12.8. The van der Waals surface area contributed by atoms with Gasteiger partial charge in [-0.15, -0.1) is 0 Å². The van der Waals surface area contributed by atoms with Gasteiger partial charge in [0.15, 0.2) is 15.5 Å². The highest BCUT2D eigenvalue weighted by Gasteiger charge is 2.45. The number of halogens is 2. The average Bonchev–Trinajstić information content (AvgIpc) is 3.05. The van der Waals surface area contributed by atoms with E-state index in [1.54, 1.807) is 13.0 Å². The largest absolute Gasteiger partial charge is 0.435 e. The number of aromatic nitrogens is 3. The summed E-state index contributed by atoms with van der Waals surface area (Å²) < 4.78 is 54.1. The quantitative estimate of drug-likeness (QED) is 0.554. The Morgan fingerprint density at radius 2 is 2.00 bits per heavy atom. The predicted molar refractivity (Wildman–Crippen MR) is 115 cm³/mol. The van der Waals surface area contributed by atoms with Crippen LogP contribution < -0.4 is 10.1 Å². The van der Waals surface area contributed by atoms with Crippen LogP contribution in [-0.2, 0) is 15.4 Å². The van der Waals surface area contributed by atoms with Crippen LogP contribution in [0.5, 0.6) is 5.75 Å². The third kappa shape index (κ3) is 4.67. The van der Waals surface area contributed by atoms with Gasteiger partial charge in [0, 0.05) is 17.6 Å². The molecule has 0 spiro atoms. The van der Waals surface area contributed by atoms with Crippen molar-refractivity contribution < 1.29 is 31.8 Å². The summed E-state index contributed by atoms with van der Waals surface area (Å²) in [4.78, 5) is 17.1. The Kier molecular flexibility index (Phi) is 5.40. The molecule has 3 heterocycles. The third-order valence-electron chi connectivity index (χ3n) is 5.14. The summed E-state index contributed by atoms with van der Waals surface area (Å²) in [6, 6.07) is 7.35. The molecule has 1 amide bonds. The predicted octanol–water partition coefficient (Wildman–Crippen LogP) is 2.17. The van der Waals surface area contributed by atoms with Crippen LogP contribution in [0.1, 0.15) is 36.8 Å². The van der Waals surface area contributed by atoms with Crippen LogP contribution in [0, 0.1) is 0 Å². The number of nitrogens with one attached hydrogen (secondary N) is 1. The fourth-order valence-corrected chi connectivity index (χ4v) is 5.90. The molecule has 1 aliphatic rings. The number of benzene rings is 1. The highest BCUT2D eigenvalue weighted by Crippen LogP contribution is 2.31. The lowest BCUT2D eigenvalue weighted by Crippen LogP contribution is -2.63. The topological polar surface area (TPSA) is 123 Å². The standard InChI is InChI=1S/C21H22F2N4O5S/c1-20(2,29)16-15-7-12(18(28)25-21(3)10-33(30,31)11-21)9-24-17(15)27(26-16)13-5-4-6-14(8-13)32-19(22)23/h4-9,19,29H,10-11H2,1-3H3,(H,25,28). The number of ether oxygens (including phenoxy) is 1. The second kappa shape index (κ2) is 7.73. The molecule has 9 nitrogen and oxygen atoms in total. The zero-order valence-electron chi connectivity index (χ0n) is 18.0. The molecule has 0 aliphatic carbocycles. The van der Waals surface area contributed by atoms with Gasteiger partial charge in [-0.05, 0) is 39.0 Å². The lowest BCUT2D eigenvalue weighted by Gasteiger charge is -2.38. The number of fused-ring (bicyclic) bond motifs is 1. The molecule has 0 radical (unpaired) electrons. The van der Waals surface area contributed by atoms with E-state index in [0.29, 0.717) is 11.1 Å². The van der Waals surface area contributed by atoms with Crippen molar-refractivity contribution in [1.82, 2.24) is 20.1 Å². The first-order valence-corrected chi connectivity index (χ1v) is 11.8. The number of hydrogen-bond acceptors (Lipinski definition) is 7. The number of nitrogens with zero attached hydrogens (tertiary/aromatic N) is 3. The number of aliphatic hydroxyl groups is 1. The Labute approximate surface area is 188 Å². The zero-order chi connectivity index (χ0) is 24.2. The average molecular weight is 480 g/mol. The SMILES string of the molecule is CC1(NC(=O)c2cnc3c(c2)c(C(C)(C)O)nn3-c2cccc(OC(F)F)c2)CS(=O)(=O)C1. The van der Waals surface area contributed by atoms with Gasteiger partial charge >= 0.3 is 6.61 Å². The van der Waals surface area contributed by atoms with E-state index in [9.17, 15) is 27.1 Å². The number of carbonyl (C=O) groups is 1. The van der Waals surface area contributed by atoms with Crippen molar-refractivity contribution in [2.45, 2.75) is 38.5 Å². The number of sulfone groups is 1. The molecule has 1 saturated heterocycles. The fraction of sp³-hybridized carbons (Fsp3) is 0.381. The minimum Gasteiger partial charge on any atom is -0.435 e. The monoisotopic (exact) mass is 480 g/mol.